The molecule has 0 aromatic carbocycles. The van der Waals surface area contributed by atoms with Crippen LogP contribution in [0.15, 0.2) is 0 Å². The highest BCUT2D eigenvalue weighted by atomic mass is 79.9. The van der Waals surface area contributed by atoms with Gasteiger partial charge in [0.25, 0.3) is 0 Å². The van der Waals surface area contributed by atoms with Crippen LogP contribution in [0.5, 0.6) is 0 Å². The predicted molar refractivity (Wildman–Crippen MR) is 69.9 cm³/mol. The van der Waals surface area contributed by atoms with Crippen molar-refractivity contribution in [3.8, 4) is 0 Å². The topological polar surface area (TPSA) is 9.23 Å². The lowest BCUT2D eigenvalue weighted by molar-refractivity contribution is -0.00571. The molecule has 15 heavy (non-hydrogen) atoms. The van der Waals surface area contributed by atoms with Gasteiger partial charge in [-0.15, -0.1) is 11.6 Å². The van der Waals surface area contributed by atoms with Crippen molar-refractivity contribution in [2.24, 2.45) is 17.3 Å². The molecule has 3 unspecified atom stereocenters. The summed E-state index contributed by atoms with van der Waals surface area (Å²) in [6.45, 7) is 9.84. The molecule has 3 atom stereocenters. The molecule has 1 nitrogen and oxygen atoms in total. The summed E-state index contributed by atoms with van der Waals surface area (Å²) in [6.07, 6.45) is 1.31. The van der Waals surface area contributed by atoms with E-state index in [-0.39, 0.29) is 5.60 Å². The Bertz CT molecular complexity index is 208. The summed E-state index contributed by atoms with van der Waals surface area (Å²) in [5, 5.41) is 0.802. The molecule has 0 aromatic rings. The molecule has 0 spiro atoms. The summed E-state index contributed by atoms with van der Waals surface area (Å²) in [4.78, 5) is 0. The Kier molecular flexibility index (Phi) is 4.53. The molecule has 1 aliphatic rings. The van der Waals surface area contributed by atoms with Crippen molar-refractivity contribution in [2.75, 3.05) is 17.8 Å². The van der Waals surface area contributed by atoms with Gasteiger partial charge >= 0.3 is 0 Å². The number of alkyl halides is 2. The maximum absolute atomic E-state index is 5.90. The molecule has 90 valence electrons. The van der Waals surface area contributed by atoms with E-state index in [1.54, 1.807) is 0 Å². The fourth-order valence-electron chi connectivity index (χ4n) is 1.91. The van der Waals surface area contributed by atoms with Crippen LogP contribution in [0.4, 0.5) is 0 Å². The third kappa shape index (κ3) is 3.90. The van der Waals surface area contributed by atoms with E-state index in [2.05, 4.69) is 43.6 Å². The molecular weight excluding hydrogens is 275 g/mol. The van der Waals surface area contributed by atoms with E-state index in [4.69, 9.17) is 16.3 Å². The van der Waals surface area contributed by atoms with Gasteiger partial charge in [-0.3, -0.25) is 0 Å². The Morgan fingerprint density at radius 1 is 1.33 bits per heavy atom. The maximum Gasteiger partial charge on any atom is 0.0885 e. The van der Waals surface area contributed by atoms with Gasteiger partial charge < -0.3 is 4.74 Å². The molecule has 0 aliphatic heterocycles. The Morgan fingerprint density at radius 3 is 2.27 bits per heavy atom. The number of hydrogen-bond acceptors (Lipinski definition) is 1. The van der Waals surface area contributed by atoms with E-state index in [0.717, 1.165) is 23.8 Å². The molecule has 1 saturated carbocycles. The van der Waals surface area contributed by atoms with Gasteiger partial charge in [-0.2, -0.15) is 0 Å². The van der Waals surface area contributed by atoms with Crippen molar-refractivity contribution in [3.63, 3.8) is 0 Å². The first-order valence-corrected chi connectivity index (χ1v) is 7.24. The maximum atomic E-state index is 5.90. The van der Waals surface area contributed by atoms with Gasteiger partial charge in [0.1, 0.15) is 0 Å². The van der Waals surface area contributed by atoms with E-state index in [0.29, 0.717) is 11.3 Å². The first-order chi connectivity index (χ1) is 6.82. The van der Waals surface area contributed by atoms with Gasteiger partial charge in [-0.05, 0) is 30.6 Å². The van der Waals surface area contributed by atoms with E-state index in [9.17, 15) is 0 Å². The van der Waals surface area contributed by atoms with Gasteiger partial charge in [-0.25, -0.2) is 0 Å². The SMILES string of the molecule is CC(CCl)(CBr)OCC1CC1C(C)(C)C. The van der Waals surface area contributed by atoms with Crippen LogP contribution in [0.3, 0.4) is 0 Å². The van der Waals surface area contributed by atoms with Crippen molar-refractivity contribution in [1.29, 1.82) is 0 Å². The number of rotatable bonds is 5. The van der Waals surface area contributed by atoms with Gasteiger partial charge in [0.2, 0.25) is 0 Å². The molecule has 1 aliphatic carbocycles. The van der Waals surface area contributed by atoms with E-state index in [1.807, 2.05) is 0 Å². The minimum Gasteiger partial charge on any atom is -0.373 e. The molecule has 1 fully saturated rings. The molecule has 0 aromatic heterocycles. The third-order valence-electron chi connectivity index (χ3n) is 3.25. The number of hydrogen-bond donors (Lipinski definition) is 0. The van der Waals surface area contributed by atoms with Crippen LogP contribution in [0.2, 0.25) is 0 Å². The van der Waals surface area contributed by atoms with Gasteiger partial charge in [0, 0.05) is 5.33 Å². The van der Waals surface area contributed by atoms with E-state index < -0.39 is 0 Å². The summed E-state index contributed by atoms with van der Waals surface area (Å²) in [5.74, 6) is 2.12. The predicted octanol–water partition coefficient (Wildman–Crippen LogP) is 4.08. The number of ether oxygens (including phenoxy) is 1. The summed E-state index contributed by atoms with van der Waals surface area (Å²) >= 11 is 9.33. The molecule has 3 heteroatoms. The zero-order chi connectivity index (χ0) is 11.7. The zero-order valence-corrected chi connectivity index (χ0v) is 12.5. The van der Waals surface area contributed by atoms with E-state index >= 15 is 0 Å². The smallest absolute Gasteiger partial charge is 0.0885 e. The zero-order valence-electron chi connectivity index (χ0n) is 10.1. The van der Waals surface area contributed by atoms with Gasteiger partial charge in [0.15, 0.2) is 0 Å². The normalized spacial score (nSPS) is 30.0. The second kappa shape index (κ2) is 4.93. The fraction of sp³-hybridized carbons (Fsp3) is 1.00. The third-order valence-corrected chi connectivity index (χ3v) is 5.00. The van der Waals surface area contributed by atoms with Crippen LogP contribution in [0.1, 0.15) is 34.1 Å². The van der Waals surface area contributed by atoms with Crippen molar-refractivity contribution in [3.05, 3.63) is 0 Å². The van der Waals surface area contributed by atoms with Crippen LogP contribution in [-0.4, -0.2) is 23.4 Å². The largest absolute Gasteiger partial charge is 0.373 e. The van der Waals surface area contributed by atoms with Gasteiger partial charge in [0.05, 0.1) is 18.1 Å². The molecule has 0 N–H and O–H groups in total. The van der Waals surface area contributed by atoms with Crippen molar-refractivity contribution in [1.82, 2.24) is 0 Å². The summed E-state index contributed by atoms with van der Waals surface area (Å²) < 4.78 is 5.90. The lowest BCUT2D eigenvalue weighted by Gasteiger charge is -2.26. The molecule has 1 rings (SSSR count). The highest BCUT2D eigenvalue weighted by molar-refractivity contribution is 9.09. The van der Waals surface area contributed by atoms with E-state index in [1.165, 1.54) is 6.42 Å². The fourth-order valence-corrected chi connectivity index (χ4v) is 2.67. The monoisotopic (exact) mass is 296 g/mol. The first kappa shape index (κ1) is 13.8. The second-order valence-corrected chi connectivity index (χ2v) is 6.82. The Labute approximate surface area is 107 Å². The lowest BCUT2D eigenvalue weighted by Crippen LogP contribution is -2.34. The summed E-state index contributed by atoms with van der Waals surface area (Å²) in [7, 11) is 0. The number of halogens is 2. The molecule has 0 amide bonds. The summed E-state index contributed by atoms with van der Waals surface area (Å²) in [6, 6.07) is 0. The Balaban J connectivity index is 2.29. The first-order valence-electron chi connectivity index (χ1n) is 5.58. The minimum absolute atomic E-state index is 0.202. The molecule has 0 radical (unpaired) electrons. The van der Waals surface area contributed by atoms with Crippen LogP contribution in [0, 0.1) is 17.3 Å². The second-order valence-electron chi connectivity index (χ2n) is 6.00. The van der Waals surface area contributed by atoms with Crippen molar-refractivity contribution >= 4 is 27.5 Å². The lowest BCUT2D eigenvalue weighted by atomic mass is 9.89. The average molecular weight is 298 g/mol. The van der Waals surface area contributed by atoms with Crippen LogP contribution >= 0.6 is 27.5 Å². The average Bonchev–Trinajstić information content (AvgIpc) is 2.93. The Morgan fingerprint density at radius 2 is 1.93 bits per heavy atom. The Hall–Kier alpha value is 0.730. The van der Waals surface area contributed by atoms with Crippen LogP contribution < -0.4 is 0 Å². The van der Waals surface area contributed by atoms with Gasteiger partial charge in [-0.1, -0.05) is 36.7 Å². The standard InChI is InChI=1S/C12H22BrClO/c1-11(2,3)10-5-9(10)6-15-12(4,7-13)8-14/h9-10H,5-8H2,1-4H3. The molecular formula is C12H22BrClO. The highest BCUT2D eigenvalue weighted by Gasteiger charge is 2.45. The van der Waals surface area contributed by atoms with Crippen molar-refractivity contribution < 1.29 is 4.74 Å². The van der Waals surface area contributed by atoms with Crippen LogP contribution in [0.25, 0.3) is 0 Å². The highest BCUT2D eigenvalue weighted by Crippen LogP contribution is 2.50. The van der Waals surface area contributed by atoms with Crippen LogP contribution in [-0.2, 0) is 4.74 Å². The quantitative estimate of drug-likeness (QED) is 0.695. The summed E-state index contributed by atoms with van der Waals surface area (Å²) in [5.41, 5.74) is 0.229. The molecule has 0 saturated heterocycles. The molecule has 0 bridgehead atoms. The van der Waals surface area contributed by atoms with Crippen molar-refractivity contribution in [2.45, 2.75) is 39.7 Å². The minimum atomic E-state index is -0.202. The molecule has 0 heterocycles.